The highest BCUT2D eigenvalue weighted by Crippen LogP contribution is 2.29. The van der Waals surface area contributed by atoms with E-state index in [1.807, 2.05) is 17.9 Å². The Morgan fingerprint density at radius 2 is 1.77 bits per heavy atom. The molecule has 1 unspecified atom stereocenters. The van der Waals surface area contributed by atoms with Crippen LogP contribution in [0.25, 0.3) is 11.4 Å². The lowest BCUT2D eigenvalue weighted by molar-refractivity contribution is -0.131. The molecule has 4 rings (SSSR count). The number of nitrogens with zero attached hydrogens (tertiary/aromatic N) is 4. The Balaban J connectivity index is 1.34. The quantitative estimate of drug-likeness (QED) is 0.529. The summed E-state index contributed by atoms with van der Waals surface area (Å²) in [5.41, 5.74) is 1.77. The Labute approximate surface area is 186 Å². The predicted molar refractivity (Wildman–Crippen MR) is 121 cm³/mol. The minimum atomic E-state index is -0.336. The highest BCUT2D eigenvalue weighted by atomic mass is 32.2. The Bertz CT molecular complexity index is 1030. The van der Waals surface area contributed by atoms with Crippen molar-refractivity contribution in [2.45, 2.75) is 36.6 Å². The number of thioether (sulfide) groups is 1. The van der Waals surface area contributed by atoms with Crippen molar-refractivity contribution in [1.29, 1.82) is 0 Å². The normalized spacial score (nSPS) is 15.8. The van der Waals surface area contributed by atoms with Gasteiger partial charge < -0.3 is 9.47 Å². The van der Waals surface area contributed by atoms with Crippen LogP contribution in [-0.4, -0.2) is 43.9 Å². The second-order valence-electron chi connectivity index (χ2n) is 8.06. The number of hydrogen-bond acceptors (Lipinski definition) is 4. The van der Waals surface area contributed by atoms with E-state index >= 15 is 0 Å². The van der Waals surface area contributed by atoms with Gasteiger partial charge in [0.2, 0.25) is 5.91 Å². The number of amides is 1. The molecule has 7 heteroatoms. The van der Waals surface area contributed by atoms with Gasteiger partial charge in [0.15, 0.2) is 11.0 Å². The summed E-state index contributed by atoms with van der Waals surface area (Å²) in [7, 11) is 1.80. The molecule has 2 aromatic carbocycles. The van der Waals surface area contributed by atoms with Crippen LogP contribution in [0.3, 0.4) is 0 Å². The summed E-state index contributed by atoms with van der Waals surface area (Å²) in [6.07, 6.45) is 3.13. The summed E-state index contributed by atoms with van der Waals surface area (Å²) in [6, 6.07) is 17.1. The average molecular weight is 439 g/mol. The van der Waals surface area contributed by atoms with Gasteiger partial charge in [-0.05, 0) is 49.8 Å². The number of hydrogen-bond donors (Lipinski definition) is 0. The zero-order valence-corrected chi connectivity index (χ0v) is 18.7. The molecule has 0 N–H and O–H groups in total. The van der Waals surface area contributed by atoms with Gasteiger partial charge in [-0.25, -0.2) is 4.39 Å². The van der Waals surface area contributed by atoms with Crippen LogP contribution in [-0.2, 0) is 18.3 Å². The van der Waals surface area contributed by atoms with Crippen molar-refractivity contribution < 1.29 is 9.18 Å². The SMILES string of the molecule is CC(Sc1nnc(-c2ccccc2F)n1C)C(=O)N1CCC(Cc2ccccc2)CC1. The summed E-state index contributed by atoms with van der Waals surface area (Å²) >= 11 is 1.37. The number of benzene rings is 2. The molecular formula is C24H27FN4OS. The van der Waals surface area contributed by atoms with Crippen molar-refractivity contribution in [3.05, 3.63) is 66.0 Å². The maximum atomic E-state index is 14.1. The summed E-state index contributed by atoms with van der Waals surface area (Å²) in [4.78, 5) is 15.0. The second-order valence-corrected chi connectivity index (χ2v) is 9.37. The van der Waals surface area contributed by atoms with Gasteiger partial charge in [0.1, 0.15) is 5.82 Å². The fourth-order valence-electron chi connectivity index (χ4n) is 4.07. The molecule has 1 aliphatic rings. The number of carbonyl (C=O) groups excluding carboxylic acids is 1. The van der Waals surface area contributed by atoms with Gasteiger partial charge in [-0.3, -0.25) is 4.79 Å². The van der Waals surface area contributed by atoms with Crippen molar-refractivity contribution in [1.82, 2.24) is 19.7 Å². The molecule has 31 heavy (non-hydrogen) atoms. The lowest BCUT2D eigenvalue weighted by atomic mass is 9.90. The van der Waals surface area contributed by atoms with E-state index in [1.165, 1.54) is 23.4 Å². The zero-order chi connectivity index (χ0) is 21.8. The minimum absolute atomic E-state index is 0.124. The number of likely N-dealkylation sites (tertiary alicyclic amines) is 1. The molecular weight excluding hydrogens is 411 g/mol. The van der Waals surface area contributed by atoms with Crippen LogP contribution in [0.2, 0.25) is 0 Å². The molecule has 3 aromatic rings. The third-order valence-electron chi connectivity index (χ3n) is 5.87. The first kappa shape index (κ1) is 21.6. The number of rotatable bonds is 6. The Morgan fingerprint density at radius 3 is 2.48 bits per heavy atom. The van der Waals surface area contributed by atoms with Crippen LogP contribution < -0.4 is 0 Å². The summed E-state index contributed by atoms with van der Waals surface area (Å²) in [5, 5.41) is 8.68. The van der Waals surface area contributed by atoms with Crippen LogP contribution >= 0.6 is 11.8 Å². The summed E-state index contributed by atoms with van der Waals surface area (Å²) in [5.74, 6) is 0.870. The third kappa shape index (κ3) is 4.98. The largest absolute Gasteiger partial charge is 0.342 e. The van der Waals surface area contributed by atoms with Crippen LogP contribution in [0.1, 0.15) is 25.3 Å². The number of aromatic nitrogens is 3. The highest BCUT2D eigenvalue weighted by molar-refractivity contribution is 8.00. The molecule has 0 radical (unpaired) electrons. The molecule has 1 amide bonds. The van der Waals surface area contributed by atoms with E-state index < -0.39 is 0 Å². The molecule has 5 nitrogen and oxygen atoms in total. The lowest BCUT2D eigenvalue weighted by Gasteiger charge is -2.33. The molecule has 2 heterocycles. The predicted octanol–water partition coefficient (Wildman–Crippen LogP) is 4.58. The van der Waals surface area contributed by atoms with Gasteiger partial charge >= 0.3 is 0 Å². The van der Waals surface area contributed by atoms with Crippen LogP contribution in [0.15, 0.2) is 59.8 Å². The third-order valence-corrected chi connectivity index (χ3v) is 6.99. The lowest BCUT2D eigenvalue weighted by Crippen LogP contribution is -2.42. The molecule has 0 spiro atoms. The first-order chi connectivity index (χ1) is 15.0. The molecule has 0 saturated carbocycles. The van der Waals surface area contributed by atoms with E-state index in [0.29, 0.717) is 22.5 Å². The first-order valence-corrected chi connectivity index (χ1v) is 11.5. The molecule has 1 atom stereocenters. The van der Waals surface area contributed by atoms with Gasteiger partial charge in [-0.15, -0.1) is 10.2 Å². The number of halogens is 1. The Hall–Kier alpha value is -2.67. The number of carbonyl (C=O) groups is 1. The molecule has 0 bridgehead atoms. The van der Waals surface area contributed by atoms with E-state index in [2.05, 4.69) is 34.5 Å². The van der Waals surface area contributed by atoms with Crippen molar-refractivity contribution in [2.75, 3.05) is 13.1 Å². The second kappa shape index (κ2) is 9.64. The van der Waals surface area contributed by atoms with Gasteiger partial charge in [0.25, 0.3) is 0 Å². The van der Waals surface area contributed by atoms with Crippen LogP contribution in [0.4, 0.5) is 4.39 Å². The summed E-state index contributed by atoms with van der Waals surface area (Å²) in [6.45, 7) is 3.49. The van der Waals surface area contributed by atoms with E-state index in [0.717, 1.165) is 32.4 Å². The first-order valence-electron chi connectivity index (χ1n) is 10.7. The van der Waals surface area contributed by atoms with Crippen LogP contribution in [0.5, 0.6) is 0 Å². The summed E-state index contributed by atoms with van der Waals surface area (Å²) < 4.78 is 15.9. The van der Waals surface area contributed by atoms with E-state index in [9.17, 15) is 9.18 Å². The smallest absolute Gasteiger partial charge is 0.235 e. The Kier molecular flexibility index (Phi) is 6.70. The fourth-order valence-corrected chi connectivity index (χ4v) is 4.96. The minimum Gasteiger partial charge on any atom is -0.342 e. The maximum absolute atomic E-state index is 14.1. The average Bonchev–Trinajstić information content (AvgIpc) is 3.14. The van der Waals surface area contributed by atoms with Crippen molar-refractivity contribution >= 4 is 17.7 Å². The van der Waals surface area contributed by atoms with Gasteiger partial charge in [-0.1, -0.05) is 54.2 Å². The molecule has 0 aliphatic carbocycles. The van der Waals surface area contributed by atoms with E-state index in [-0.39, 0.29) is 17.0 Å². The number of piperidine rings is 1. The highest BCUT2D eigenvalue weighted by Gasteiger charge is 2.28. The molecule has 162 valence electrons. The maximum Gasteiger partial charge on any atom is 0.235 e. The van der Waals surface area contributed by atoms with E-state index in [4.69, 9.17) is 0 Å². The topological polar surface area (TPSA) is 51.0 Å². The van der Waals surface area contributed by atoms with Crippen molar-refractivity contribution in [3.8, 4) is 11.4 Å². The van der Waals surface area contributed by atoms with Gasteiger partial charge in [0, 0.05) is 20.1 Å². The van der Waals surface area contributed by atoms with Crippen molar-refractivity contribution in [2.24, 2.45) is 13.0 Å². The van der Waals surface area contributed by atoms with Crippen molar-refractivity contribution in [3.63, 3.8) is 0 Å². The van der Waals surface area contributed by atoms with Crippen LogP contribution in [0, 0.1) is 11.7 Å². The van der Waals surface area contributed by atoms with E-state index in [1.54, 1.807) is 29.8 Å². The molecule has 1 saturated heterocycles. The zero-order valence-electron chi connectivity index (χ0n) is 17.9. The van der Waals surface area contributed by atoms with Gasteiger partial charge in [-0.2, -0.15) is 0 Å². The fraction of sp³-hybridized carbons (Fsp3) is 0.375. The molecule has 1 aromatic heterocycles. The monoisotopic (exact) mass is 438 g/mol. The Morgan fingerprint density at radius 1 is 1.10 bits per heavy atom. The molecule has 1 aliphatic heterocycles. The molecule has 1 fully saturated rings. The van der Waals surface area contributed by atoms with Gasteiger partial charge in [0.05, 0.1) is 10.8 Å². The standard InChI is InChI=1S/C24H27FN4OS/c1-17(31-24-27-26-22(28(24)2)20-10-6-7-11-21(20)25)23(30)29-14-12-19(13-15-29)16-18-8-4-3-5-9-18/h3-11,17,19H,12-16H2,1-2H3.